The van der Waals surface area contributed by atoms with Crippen LogP contribution in [-0.4, -0.2) is 22.0 Å². The number of rotatable bonds is 4. The summed E-state index contributed by atoms with van der Waals surface area (Å²) in [6.07, 6.45) is 1.32. The van der Waals surface area contributed by atoms with Gasteiger partial charge in [-0.05, 0) is 43.2 Å². The summed E-state index contributed by atoms with van der Waals surface area (Å²) >= 11 is 5.91. The van der Waals surface area contributed by atoms with Gasteiger partial charge in [-0.3, -0.25) is 4.79 Å². The third kappa shape index (κ3) is 3.58. The molecule has 0 saturated heterocycles. The van der Waals surface area contributed by atoms with E-state index in [2.05, 4.69) is 0 Å². The van der Waals surface area contributed by atoms with E-state index >= 15 is 0 Å². The fourth-order valence-corrected chi connectivity index (χ4v) is 2.96. The average molecular weight is 373 g/mol. The molecule has 3 rings (SSSR count). The first-order chi connectivity index (χ1) is 12.4. The molecule has 134 valence electrons. The Balaban J connectivity index is 1.99. The Labute approximate surface area is 155 Å². The maximum Gasteiger partial charge on any atom is 0.330 e. The summed E-state index contributed by atoms with van der Waals surface area (Å²) in [5.41, 5.74) is 1.75. The van der Waals surface area contributed by atoms with Gasteiger partial charge in [0.2, 0.25) is 0 Å². The van der Waals surface area contributed by atoms with Crippen molar-refractivity contribution in [2.45, 2.75) is 25.9 Å². The summed E-state index contributed by atoms with van der Waals surface area (Å²) in [7, 11) is 0. The molecule has 1 unspecified atom stereocenters. The fourth-order valence-electron chi connectivity index (χ4n) is 2.84. The number of carboxylic acid groups (broad SMARTS) is 1. The molecule has 6 heteroatoms. The van der Waals surface area contributed by atoms with Crippen molar-refractivity contribution in [2.24, 2.45) is 0 Å². The van der Waals surface area contributed by atoms with E-state index in [9.17, 15) is 14.7 Å². The Hall–Kier alpha value is -2.79. The third-order valence-corrected chi connectivity index (χ3v) is 4.61. The highest BCUT2D eigenvalue weighted by atomic mass is 35.5. The first kappa shape index (κ1) is 18.0. The summed E-state index contributed by atoms with van der Waals surface area (Å²) < 4.78 is 6.03. The number of hydrogen-bond donors (Lipinski definition) is 2. The number of fused-ring (bicyclic) bond motifs is 1. The predicted molar refractivity (Wildman–Crippen MR) is 97.0 cm³/mol. The molecule has 5 nitrogen and oxygen atoms in total. The Kier molecular flexibility index (Phi) is 5.00. The first-order valence-corrected chi connectivity index (χ1v) is 8.45. The van der Waals surface area contributed by atoms with E-state index in [4.69, 9.17) is 21.4 Å². The van der Waals surface area contributed by atoms with E-state index in [0.717, 1.165) is 5.56 Å². The molecule has 1 aliphatic rings. The standard InChI is InChI=1S/C20H17ClO5/c1-11(20(24)25)2-7-14-16(22)9-8-15-17(23)10-18(26-19(14)15)12-3-5-13(21)6-4-12/h2-6,8-9,18,22H,7,10H2,1H3,(H,24,25)/b11-2+. The lowest BCUT2D eigenvalue weighted by Crippen LogP contribution is -2.21. The molecular weight excluding hydrogens is 356 g/mol. The highest BCUT2D eigenvalue weighted by Gasteiger charge is 2.30. The normalized spacial score (nSPS) is 16.8. The van der Waals surface area contributed by atoms with Gasteiger partial charge in [0, 0.05) is 16.2 Å². The van der Waals surface area contributed by atoms with E-state index in [1.807, 2.05) is 0 Å². The maximum atomic E-state index is 12.5. The molecule has 26 heavy (non-hydrogen) atoms. The zero-order valence-electron chi connectivity index (χ0n) is 14.0. The van der Waals surface area contributed by atoms with Crippen LogP contribution in [0, 0.1) is 0 Å². The van der Waals surface area contributed by atoms with Crippen molar-refractivity contribution in [3.05, 3.63) is 69.8 Å². The van der Waals surface area contributed by atoms with Gasteiger partial charge in [-0.15, -0.1) is 0 Å². The molecular formula is C20H17ClO5. The van der Waals surface area contributed by atoms with Crippen molar-refractivity contribution >= 4 is 23.4 Å². The monoisotopic (exact) mass is 372 g/mol. The SMILES string of the molecule is C/C(=C\Cc1c(O)ccc2c1OC(c1ccc(Cl)cc1)CC2=O)C(=O)O. The molecule has 0 saturated carbocycles. The van der Waals surface area contributed by atoms with E-state index in [1.165, 1.54) is 25.1 Å². The number of phenolic OH excluding ortho intramolecular Hbond substituents is 1. The Bertz CT molecular complexity index is 899. The average Bonchev–Trinajstić information content (AvgIpc) is 2.61. The van der Waals surface area contributed by atoms with E-state index in [-0.39, 0.29) is 29.9 Å². The van der Waals surface area contributed by atoms with Gasteiger partial charge in [0.15, 0.2) is 5.78 Å². The molecule has 0 amide bonds. The second kappa shape index (κ2) is 7.22. The van der Waals surface area contributed by atoms with Gasteiger partial charge in [-0.2, -0.15) is 0 Å². The molecule has 0 bridgehead atoms. The number of aliphatic carboxylic acids is 1. The number of allylic oxidation sites excluding steroid dienone is 1. The zero-order valence-corrected chi connectivity index (χ0v) is 14.8. The molecule has 1 atom stereocenters. The minimum atomic E-state index is -1.04. The smallest absolute Gasteiger partial charge is 0.330 e. The molecule has 0 aliphatic carbocycles. The Morgan fingerprint density at radius 3 is 2.62 bits per heavy atom. The number of Topliss-reactive ketones (excluding diaryl/α,β-unsaturated/α-hetero) is 1. The van der Waals surface area contributed by atoms with E-state index in [0.29, 0.717) is 21.9 Å². The summed E-state index contributed by atoms with van der Waals surface area (Å²) in [4.78, 5) is 23.5. The molecule has 2 aromatic rings. The molecule has 2 N–H and O–H groups in total. The third-order valence-electron chi connectivity index (χ3n) is 4.36. The van der Waals surface area contributed by atoms with Gasteiger partial charge in [0.25, 0.3) is 0 Å². The van der Waals surface area contributed by atoms with Gasteiger partial charge >= 0.3 is 5.97 Å². The summed E-state index contributed by atoms with van der Waals surface area (Å²) in [5.74, 6) is -0.866. The quantitative estimate of drug-likeness (QED) is 0.780. The van der Waals surface area contributed by atoms with Crippen LogP contribution in [0.5, 0.6) is 11.5 Å². The van der Waals surface area contributed by atoms with Crippen molar-refractivity contribution in [3.8, 4) is 11.5 Å². The number of ketones is 1. The van der Waals surface area contributed by atoms with Crippen LogP contribution in [-0.2, 0) is 11.2 Å². The molecule has 2 aromatic carbocycles. The number of carbonyl (C=O) groups is 2. The van der Waals surface area contributed by atoms with E-state index < -0.39 is 12.1 Å². The van der Waals surface area contributed by atoms with Gasteiger partial charge in [-0.1, -0.05) is 29.8 Å². The number of hydrogen-bond acceptors (Lipinski definition) is 4. The first-order valence-electron chi connectivity index (χ1n) is 8.07. The lowest BCUT2D eigenvalue weighted by molar-refractivity contribution is -0.132. The molecule has 0 spiro atoms. The highest BCUT2D eigenvalue weighted by molar-refractivity contribution is 6.30. The van der Waals surface area contributed by atoms with Gasteiger partial charge in [0.1, 0.15) is 17.6 Å². The second-order valence-electron chi connectivity index (χ2n) is 6.12. The van der Waals surface area contributed by atoms with Crippen molar-refractivity contribution < 1.29 is 24.5 Å². The van der Waals surface area contributed by atoms with Crippen LogP contribution in [0.4, 0.5) is 0 Å². The van der Waals surface area contributed by atoms with Crippen LogP contribution in [0.3, 0.4) is 0 Å². The predicted octanol–water partition coefficient (Wildman–Crippen LogP) is 4.33. The second-order valence-corrected chi connectivity index (χ2v) is 6.56. The van der Waals surface area contributed by atoms with Crippen LogP contribution in [0.2, 0.25) is 5.02 Å². The molecule has 0 fully saturated rings. The number of ether oxygens (including phenoxy) is 1. The topological polar surface area (TPSA) is 83.8 Å². The Morgan fingerprint density at radius 1 is 1.27 bits per heavy atom. The minimum Gasteiger partial charge on any atom is -0.508 e. The molecule has 0 aromatic heterocycles. The van der Waals surface area contributed by atoms with Crippen molar-refractivity contribution in [1.29, 1.82) is 0 Å². The van der Waals surface area contributed by atoms with E-state index in [1.54, 1.807) is 24.3 Å². The van der Waals surface area contributed by atoms with Gasteiger partial charge in [-0.25, -0.2) is 4.79 Å². The number of benzene rings is 2. The zero-order chi connectivity index (χ0) is 18.8. The van der Waals surface area contributed by atoms with Crippen LogP contribution < -0.4 is 4.74 Å². The van der Waals surface area contributed by atoms with Crippen molar-refractivity contribution in [2.75, 3.05) is 0 Å². The number of carbonyl (C=O) groups excluding carboxylic acids is 1. The van der Waals surface area contributed by atoms with Crippen LogP contribution in [0.1, 0.15) is 40.9 Å². The molecule has 1 heterocycles. The van der Waals surface area contributed by atoms with Crippen molar-refractivity contribution in [3.63, 3.8) is 0 Å². The number of halogens is 1. The molecule has 0 radical (unpaired) electrons. The lowest BCUT2D eigenvalue weighted by Gasteiger charge is -2.27. The van der Waals surface area contributed by atoms with Crippen LogP contribution in [0.25, 0.3) is 0 Å². The number of phenols is 1. The van der Waals surface area contributed by atoms with Gasteiger partial charge in [0.05, 0.1) is 12.0 Å². The minimum absolute atomic E-state index is 0.0391. The van der Waals surface area contributed by atoms with Crippen LogP contribution >= 0.6 is 11.6 Å². The summed E-state index contributed by atoms with van der Waals surface area (Å²) in [5, 5.41) is 19.8. The van der Waals surface area contributed by atoms with Crippen LogP contribution in [0.15, 0.2) is 48.0 Å². The largest absolute Gasteiger partial charge is 0.508 e. The lowest BCUT2D eigenvalue weighted by atomic mass is 9.93. The number of aromatic hydroxyl groups is 1. The maximum absolute atomic E-state index is 12.5. The summed E-state index contributed by atoms with van der Waals surface area (Å²) in [6, 6.07) is 10.00. The molecule has 1 aliphatic heterocycles. The number of carboxylic acids is 1. The highest BCUT2D eigenvalue weighted by Crippen LogP contribution is 2.41. The summed E-state index contributed by atoms with van der Waals surface area (Å²) in [6.45, 7) is 1.47. The van der Waals surface area contributed by atoms with Gasteiger partial charge < -0.3 is 14.9 Å². The Morgan fingerprint density at radius 2 is 1.96 bits per heavy atom. The fraction of sp³-hybridized carbons (Fsp3) is 0.200. The van der Waals surface area contributed by atoms with Crippen molar-refractivity contribution in [1.82, 2.24) is 0 Å².